The van der Waals surface area contributed by atoms with Gasteiger partial charge in [-0.25, -0.2) is 4.98 Å². The van der Waals surface area contributed by atoms with Gasteiger partial charge >= 0.3 is 0 Å². The van der Waals surface area contributed by atoms with Gasteiger partial charge in [-0.05, 0) is 50.1 Å². The molecular formula is C22H26N4O2. The van der Waals surface area contributed by atoms with E-state index in [0.717, 1.165) is 55.3 Å². The molecule has 1 aliphatic heterocycles. The van der Waals surface area contributed by atoms with Gasteiger partial charge in [0.2, 0.25) is 5.91 Å². The highest BCUT2D eigenvalue weighted by molar-refractivity contribution is 5.79. The molecule has 4 rings (SSSR count). The number of hydrogen-bond donors (Lipinski definition) is 1. The number of piperidine rings is 1. The summed E-state index contributed by atoms with van der Waals surface area (Å²) in [5.74, 6) is 2.03. The van der Waals surface area contributed by atoms with E-state index in [1.54, 1.807) is 12.5 Å². The van der Waals surface area contributed by atoms with E-state index < -0.39 is 0 Å². The molecule has 1 fully saturated rings. The lowest BCUT2D eigenvalue weighted by atomic mass is 9.97. The Kier molecular flexibility index (Phi) is 5.58. The number of benzene rings is 1. The zero-order valence-electron chi connectivity index (χ0n) is 16.2. The Morgan fingerprint density at radius 2 is 2.18 bits per heavy atom. The number of carbonyl (C=O) groups excluding carboxylic acids is 1. The molecule has 1 amide bonds. The molecular weight excluding hydrogens is 352 g/mol. The van der Waals surface area contributed by atoms with Crippen LogP contribution in [0.2, 0.25) is 0 Å². The maximum Gasteiger partial charge on any atom is 0.224 e. The lowest BCUT2D eigenvalue weighted by molar-refractivity contribution is -0.127. The first-order valence-corrected chi connectivity index (χ1v) is 9.81. The molecule has 0 bridgehead atoms. The first kappa shape index (κ1) is 18.5. The number of amides is 1. The summed E-state index contributed by atoms with van der Waals surface area (Å²) in [7, 11) is 0. The summed E-state index contributed by atoms with van der Waals surface area (Å²) in [6.07, 6.45) is 7.40. The molecule has 2 aromatic heterocycles. The van der Waals surface area contributed by atoms with Gasteiger partial charge < -0.3 is 14.3 Å². The number of nitrogens with zero attached hydrogens (tertiary/aromatic N) is 3. The molecule has 0 unspecified atom stereocenters. The lowest BCUT2D eigenvalue weighted by Crippen LogP contribution is -2.42. The molecule has 1 aliphatic rings. The fourth-order valence-corrected chi connectivity index (χ4v) is 3.89. The van der Waals surface area contributed by atoms with E-state index >= 15 is 0 Å². The average Bonchev–Trinajstić information content (AvgIpc) is 3.38. The van der Waals surface area contributed by atoms with Gasteiger partial charge in [-0.1, -0.05) is 18.2 Å². The first-order valence-electron chi connectivity index (χ1n) is 9.81. The molecule has 1 saturated heterocycles. The Labute approximate surface area is 165 Å². The van der Waals surface area contributed by atoms with E-state index in [0.29, 0.717) is 6.54 Å². The number of rotatable bonds is 6. The predicted molar refractivity (Wildman–Crippen MR) is 107 cm³/mol. The van der Waals surface area contributed by atoms with Crippen molar-refractivity contribution in [3.63, 3.8) is 0 Å². The largest absolute Gasteiger partial charge is 0.468 e. The van der Waals surface area contributed by atoms with Crippen molar-refractivity contribution >= 4 is 5.91 Å². The third-order valence-corrected chi connectivity index (χ3v) is 5.37. The number of aromatic nitrogens is 2. The predicted octanol–water partition coefficient (Wildman–Crippen LogP) is 3.30. The number of nitrogens with one attached hydrogen (secondary N) is 1. The molecule has 0 radical (unpaired) electrons. The van der Waals surface area contributed by atoms with E-state index in [1.807, 2.05) is 42.0 Å². The second-order valence-corrected chi connectivity index (χ2v) is 7.34. The minimum atomic E-state index is 0.0193. The number of likely N-dealkylation sites (tertiary alicyclic amines) is 1. The summed E-state index contributed by atoms with van der Waals surface area (Å²) in [5.41, 5.74) is 2.14. The van der Waals surface area contributed by atoms with Crippen LogP contribution in [0.1, 0.15) is 30.0 Å². The van der Waals surface area contributed by atoms with E-state index in [2.05, 4.69) is 27.3 Å². The molecule has 3 heterocycles. The summed E-state index contributed by atoms with van der Waals surface area (Å²) in [4.78, 5) is 19.4. The van der Waals surface area contributed by atoms with E-state index in [9.17, 15) is 4.79 Å². The van der Waals surface area contributed by atoms with Crippen molar-refractivity contribution in [3.8, 4) is 5.69 Å². The van der Waals surface area contributed by atoms with E-state index in [-0.39, 0.29) is 11.8 Å². The summed E-state index contributed by atoms with van der Waals surface area (Å²) >= 11 is 0. The Morgan fingerprint density at radius 3 is 2.96 bits per heavy atom. The van der Waals surface area contributed by atoms with Crippen LogP contribution in [0.5, 0.6) is 0 Å². The monoisotopic (exact) mass is 378 g/mol. The Morgan fingerprint density at radius 1 is 1.29 bits per heavy atom. The van der Waals surface area contributed by atoms with Crippen molar-refractivity contribution in [3.05, 3.63) is 72.2 Å². The van der Waals surface area contributed by atoms with Crippen molar-refractivity contribution in [2.75, 3.05) is 13.1 Å². The molecule has 0 spiro atoms. The second kappa shape index (κ2) is 8.44. The maximum atomic E-state index is 12.8. The van der Waals surface area contributed by atoms with Crippen molar-refractivity contribution in [1.29, 1.82) is 0 Å². The Bertz CT molecular complexity index is 916. The minimum Gasteiger partial charge on any atom is -0.468 e. The van der Waals surface area contributed by atoms with Crippen molar-refractivity contribution < 1.29 is 9.21 Å². The number of furan rings is 1. The van der Waals surface area contributed by atoms with Crippen LogP contribution >= 0.6 is 0 Å². The van der Waals surface area contributed by atoms with Gasteiger partial charge in [0, 0.05) is 25.5 Å². The van der Waals surface area contributed by atoms with Crippen molar-refractivity contribution in [2.24, 2.45) is 5.92 Å². The van der Waals surface area contributed by atoms with Crippen LogP contribution in [0.15, 0.2) is 59.5 Å². The quantitative estimate of drug-likeness (QED) is 0.715. The van der Waals surface area contributed by atoms with Crippen LogP contribution in [0.3, 0.4) is 0 Å². The summed E-state index contributed by atoms with van der Waals surface area (Å²) in [5, 5.41) is 3.15. The molecule has 0 saturated carbocycles. The number of imidazole rings is 1. The number of hydrogen-bond acceptors (Lipinski definition) is 4. The highest BCUT2D eigenvalue weighted by Gasteiger charge is 2.26. The Balaban J connectivity index is 1.38. The van der Waals surface area contributed by atoms with Crippen molar-refractivity contribution in [1.82, 2.24) is 19.8 Å². The third kappa shape index (κ3) is 4.17. The molecule has 1 atom stereocenters. The number of para-hydroxylation sites is 1. The van der Waals surface area contributed by atoms with Crippen LogP contribution in [0.25, 0.3) is 5.69 Å². The highest BCUT2D eigenvalue weighted by atomic mass is 16.3. The standard InChI is InChI=1S/C22H26N4O2/c1-17-23-10-12-26(17)21-9-3-2-6-18(21)14-24-22(27)19-7-4-11-25(15-19)16-20-8-5-13-28-20/h2-3,5-6,8-10,12-13,19H,4,7,11,14-16H2,1H3,(H,24,27)/t19-/m0/s1. The smallest absolute Gasteiger partial charge is 0.224 e. The van der Waals surface area contributed by atoms with Gasteiger partial charge in [0.1, 0.15) is 11.6 Å². The lowest BCUT2D eigenvalue weighted by Gasteiger charge is -2.31. The highest BCUT2D eigenvalue weighted by Crippen LogP contribution is 2.20. The molecule has 0 aliphatic carbocycles. The van der Waals surface area contributed by atoms with Gasteiger partial charge in [-0.3, -0.25) is 9.69 Å². The molecule has 146 valence electrons. The van der Waals surface area contributed by atoms with Gasteiger partial charge in [-0.2, -0.15) is 0 Å². The van der Waals surface area contributed by atoms with Gasteiger partial charge in [-0.15, -0.1) is 0 Å². The Hall–Kier alpha value is -2.86. The minimum absolute atomic E-state index is 0.0193. The zero-order chi connectivity index (χ0) is 19.3. The maximum absolute atomic E-state index is 12.8. The molecule has 6 heteroatoms. The zero-order valence-corrected chi connectivity index (χ0v) is 16.2. The SMILES string of the molecule is Cc1nccn1-c1ccccc1CNC(=O)[C@H]1CCCN(Cc2ccco2)C1. The topological polar surface area (TPSA) is 63.3 Å². The normalized spacial score (nSPS) is 17.5. The van der Waals surface area contributed by atoms with Gasteiger partial charge in [0.15, 0.2) is 0 Å². The average molecular weight is 378 g/mol. The van der Waals surface area contributed by atoms with Crippen LogP contribution < -0.4 is 5.32 Å². The molecule has 6 nitrogen and oxygen atoms in total. The van der Waals surface area contributed by atoms with Crippen LogP contribution in [-0.4, -0.2) is 33.4 Å². The molecule has 1 aromatic carbocycles. The van der Waals surface area contributed by atoms with Crippen LogP contribution in [-0.2, 0) is 17.9 Å². The van der Waals surface area contributed by atoms with E-state index in [1.165, 1.54) is 0 Å². The summed E-state index contributed by atoms with van der Waals surface area (Å²) < 4.78 is 7.49. The summed E-state index contributed by atoms with van der Waals surface area (Å²) in [6.45, 7) is 5.04. The second-order valence-electron chi connectivity index (χ2n) is 7.34. The van der Waals surface area contributed by atoms with Crippen LogP contribution in [0.4, 0.5) is 0 Å². The fourth-order valence-electron chi connectivity index (χ4n) is 3.89. The van der Waals surface area contributed by atoms with Gasteiger partial charge in [0.05, 0.1) is 24.4 Å². The fraction of sp³-hybridized carbons (Fsp3) is 0.364. The third-order valence-electron chi connectivity index (χ3n) is 5.37. The molecule has 3 aromatic rings. The van der Waals surface area contributed by atoms with Crippen LogP contribution in [0, 0.1) is 12.8 Å². The van der Waals surface area contributed by atoms with E-state index in [4.69, 9.17) is 4.42 Å². The number of carbonyl (C=O) groups is 1. The molecule has 1 N–H and O–H groups in total. The van der Waals surface area contributed by atoms with Crippen molar-refractivity contribution in [2.45, 2.75) is 32.9 Å². The molecule has 28 heavy (non-hydrogen) atoms. The number of aryl methyl sites for hydroxylation is 1. The first-order chi connectivity index (χ1) is 13.7. The summed E-state index contributed by atoms with van der Waals surface area (Å²) in [6, 6.07) is 12.0. The van der Waals surface area contributed by atoms with Gasteiger partial charge in [0.25, 0.3) is 0 Å².